The summed E-state index contributed by atoms with van der Waals surface area (Å²) in [6.45, 7) is 6.05. The molecule has 0 aliphatic rings. The van der Waals surface area contributed by atoms with Gasteiger partial charge in [-0.15, -0.1) is 0 Å². The summed E-state index contributed by atoms with van der Waals surface area (Å²) in [5.41, 5.74) is 1.51. The van der Waals surface area contributed by atoms with E-state index < -0.39 is 11.8 Å². The molecule has 0 spiro atoms. The van der Waals surface area contributed by atoms with Crippen molar-refractivity contribution in [1.82, 2.24) is 19.5 Å². The molecule has 0 saturated heterocycles. The van der Waals surface area contributed by atoms with Crippen LogP contribution in [-0.4, -0.2) is 60.2 Å². The quantitative estimate of drug-likeness (QED) is 0.662. The molecule has 1 aromatic carbocycles. The van der Waals surface area contributed by atoms with E-state index in [0.29, 0.717) is 11.4 Å². The number of nitrogens with zero attached hydrogens (tertiary/aromatic N) is 4. The number of aromatic carboxylic acids is 1. The molecule has 9 heteroatoms. The van der Waals surface area contributed by atoms with Gasteiger partial charge in [-0.3, -0.25) is 0 Å². The SMILES string of the molecule is Cc1ncc(-c2ccnc(Nc3ccc(C(=O)O)c(F)c3)n2)n1C(C)C.[NaH]. The van der Waals surface area contributed by atoms with Crippen LogP contribution in [0.5, 0.6) is 0 Å². The van der Waals surface area contributed by atoms with Crippen molar-refractivity contribution < 1.29 is 14.3 Å². The van der Waals surface area contributed by atoms with Gasteiger partial charge < -0.3 is 15.0 Å². The molecule has 2 heterocycles. The molecule has 0 saturated carbocycles. The number of aryl methyl sites for hydroxylation is 1. The summed E-state index contributed by atoms with van der Waals surface area (Å²) in [6, 6.07) is 5.75. The van der Waals surface area contributed by atoms with Gasteiger partial charge in [-0.25, -0.2) is 24.1 Å². The third-order valence-electron chi connectivity index (χ3n) is 3.87. The van der Waals surface area contributed by atoms with E-state index in [0.717, 1.165) is 17.6 Å². The molecule has 3 aromatic rings. The second-order valence-corrected chi connectivity index (χ2v) is 6.04. The van der Waals surface area contributed by atoms with Crippen molar-refractivity contribution >= 4 is 47.2 Å². The molecule has 0 aliphatic heterocycles. The van der Waals surface area contributed by atoms with Gasteiger partial charge in [-0.2, -0.15) is 0 Å². The van der Waals surface area contributed by atoms with Gasteiger partial charge in [0.25, 0.3) is 0 Å². The number of anilines is 2. The minimum absolute atomic E-state index is 0. The number of rotatable bonds is 5. The van der Waals surface area contributed by atoms with E-state index in [2.05, 4.69) is 38.7 Å². The van der Waals surface area contributed by atoms with E-state index in [9.17, 15) is 9.18 Å². The number of halogens is 1. The van der Waals surface area contributed by atoms with Crippen LogP contribution in [-0.2, 0) is 0 Å². The maximum absolute atomic E-state index is 13.8. The van der Waals surface area contributed by atoms with Crippen LogP contribution in [0.25, 0.3) is 11.4 Å². The third kappa shape index (κ3) is 4.52. The van der Waals surface area contributed by atoms with Crippen LogP contribution >= 0.6 is 0 Å². The van der Waals surface area contributed by atoms with Crippen molar-refractivity contribution in [2.24, 2.45) is 0 Å². The first-order valence-corrected chi connectivity index (χ1v) is 8.04. The molecular formula is C18H19FN5NaO2. The number of benzene rings is 1. The number of imidazole rings is 1. The first-order valence-electron chi connectivity index (χ1n) is 8.04. The molecule has 0 radical (unpaired) electrons. The maximum atomic E-state index is 13.8. The van der Waals surface area contributed by atoms with E-state index >= 15 is 0 Å². The van der Waals surface area contributed by atoms with Crippen molar-refractivity contribution in [3.63, 3.8) is 0 Å². The van der Waals surface area contributed by atoms with Gasteiger partial charge in [0.15, 0.2) is 0 Å². The zero-order chi connectivity index (χ0) is 18.8. The third-order valence-corrected chi connectivity index (χ3v) is 3.87. The van der Waals surface area contributed by atoms with Gasteiger partial charge in [-0.1, -0.05) is 0 Å². The Morgan fingerprint density at radius 3 is 2.63 bits per heavy atom. The summed E-state index contributed by atoms with van der Waals surface area (Å²) in [5.74, 6) is -0.981. The Labute approximate surface area is 178 Å². The molecular weight excluding hydrogens is 360 g/mol. The zero-order valence-corrected chi connectivity index (χ0v) is 14.6. The number of carboxylic acids is 1. The monoisotopic (exact) mass is 379 g/mol. The predicted octanol–water partition coefficient (Wildman–Crippen LogP) is 3.16. The summed E-state index contributed by atoms with van der Waals surface area (Å²) in [5, 5.41) is 11.8. The van der Waals surface area contributed by atoms with E-state index in [1.807, 2.05) is 6.92 Å². The number of nitrogens with one attached hydrogen (secondary N) is 1. The summed E-state index contributed by atoms with van der Waals surface area (Å²) in [7, 11) is 0. The average Bonchev–Trinajstić information content (AvgIpc) is 2.96. The Balaban J connectivity index is 0.00000261. The molecule has 0 aliphatic carbocycles. The van der Waals surface area contributed by atoms with Crippen molar-refractivity contribution in [1.29, 1.82) is 0 Å². The molecule has 2 aromatic heterocycles. The second kappa shape index (κ2) is 8.60. The first kappa shape index (κ1) is 21.0. The van der Waals surface area contributed by atoms with Crippen molar-refractivity contribution in [2.75, 3.05) is 5.32 Å². The van der Waals surface area contributed by atoms with E-state index in [-0.39, 0.29) is 47.1 Å². The van der Waals surface area contributed by atoms with Crippen LogP contribution in [0, 0.1) is 12.7 Å². The van der Waals surface area contributed by atoms with E-state index in [1.54, 1.807) is 18.5 Å². The predicted molar refractivity (Wildman–Crippen MR) is 102 cm³/mol. The summed E-state index contributed by atoms with van der Waals surface area (Å²) in [4.78, 5) is 23.8. The van der Waals surface area contributed by atoms with Crippen LogP contribution in [0.1, 0.15) is 36.1 Å². The van der Waals surface area contributed by atoms with Gasteiger partial charge in [0.05, 0.1) is 23.1 Å². The Kier molecular flexibility index (Phi) is 6.69. The van der Waals surface area contributed by atoms with Gasteiger partial charge in [0.1, 0.15) is 11.6 Å². The summed E-state index contributed by atoms with van der Waals surface area (Å²) in [6.07, 6.45) is 3.35. The Morgan fingerprint density at radius 1 is 1.26 bits per heavy atom. The zero-order valence-electron chi connectivity index (χ0n) is 14.6. The van der Waals surface area contributed by atoms with Crippen LogP contribution in [0.3, 0.4) is 0 Å². The Bertz CT molecular complexity index is 974. The van der Waals surface area contributed by atoms with Crippen molar-refractivity contribution in [3.05, 3.63) is 53.9 Å². The van der Waals surface area contributed by atoms with Crippen LogP contribution in [0.15, 0.2) is 36.7 Å². The van der Waals surface area contributed by atoms with Gasteiger partial charge in [0, 0.05) is 17.9 Å². The van der Waals surface area contributed by atoms with Crippen LogP contribution in [0.2, 0.25) is 0 Å². The van der Waals surface area contributed by atoms with Crippen LogP contribution in [0.4, 0.5) is 16.0 Å². The fourth-order valence-corrected chi connectivity index (χ4v) is 2.75. The molecule has 7 nitrogen and oxygen atoms in total. The summed E-state index contributed by atoms with van der Waals surface area (Å²) >= 11 is 0. The standard InChI is InChI=1S/C18H18FN5O2.Na.H/c1-10(2)24-11(3)21-9-16(24)15-6-7-20-18(23-15)22-12-4-5-13(17(25)26)14(19)8-12;;/h4-10H,1-3H3,(H,25,26)(H,20,22,23);;. The fourth-order valence-electron chi connectivity index (χ4n) is 2.75. The normalized spacial score (nSPS) is 10.6. The van der Waals surface area contributed by atoms with Gasteiger partial charge in [-0.05, 0) is 45.0 Å². The molecule has 3 rings (SSSR count). The number of carboxylic acid groups (broad SMARTS) is 1. The number of hydrogen-bond donors (Lipinski definition) is 2. The average molecular weight is 379 g/mol. The minimum atomic E-state index is -1.32. The van der Waals surface area contributed by atoms with Crippen molar-refractivity contribution in [3.8, 4) is 11.4 Å². The fraction of sp³-hybridized carbons (Fsp3) is 0.222. The van der Waals surface area contributed by atoms with Gasteiger partial charge >= 0.3 is 35.5 Å². The Hall–Kier alpha value is -2.29. The molecule has 0 amide bonds. The number of aromatic nitrogens is 4. The van der Waals surface area contributed by atoms with Crippen molar-refractivity contribution in [2.45, 2.75) is 26.8 Å². The molecule has 0 unspecified atom stereocenters. The second-order valence-electron chi connectivity index (χ2n) is 6.04. The first-order chi connectivity index (χ1) is 12.4. The molecule has 0 fully saturated rings. The van der Waals surface area contributed by atoms with Crippen LogP contribution < -0.4 is 5.32 Å². The molecule has 27 heavy (non-hydrogen) atoms. The molecule has 0 atom stereocenters. The Morgan fingerprint density at radius 2 is 2.00 bits per heavy atom. The summed E-state index contributed by atoms with van der Waals surface area (Å²) < 4.78 is 15.9. The molecule has 136 valence electrons. The van der Waals surface area contributed by atoms with E-state index in [1.165, 1.54) is 12.1 Å². The number of hydrogen-bond acceptors (Lipinski definition) is 5. The topological polar surface area (TPSA) is 92.9 Å². The number of carbonyl (C=O) groups is 1. The van der Waals surface area contributed by atoms with E-state index in [4.69, 9.17) is 5.11 Å². The molecule has 2 N–H and O–H groups in total. The molecule has 0 bridgehead atoms. The van der Waals surface area contributed by atoms with Gasteiger partial charge in [0.2, 0.25) is 5.95 Å².